The van der Waals surface area contributed by atoms with Crippen molar-refractivity contribution in [3.8, 4) is 0 Å². The van der Waals surface area contributed by atoms with Crippen molar-refractivity contribution in [3.05, 3.63) is 34.4 Å². The van der Waals surface area contributed by atoms with E-state index in [1.54, 1.807) is 16.7 Å². The van der Waals surface area contributed by atoms with Crippen LogP contribution in [0.1, 0.15) is 65.2 Å². The van der Waals surface area contributed by atoms with Gasteiger partial charge in [-0.3, -0.25) is 0 Å². The summed E-state index contributed by atoms with van der Waals surface area (Å²) in [5.41, 5.74) is 6.17. The van der Waals surface area contributed by atoms with Crippen molar-refractivity contribution >= 4 is 0 Å². The van der Waals surface area contributed by atoms with Gasteiger partial charge in [-0.1, -0.05) is 12.2 Å². The Hall–Kier alpha value is -0.820. The zero-order valence-electron chi connectivity index (χ0n) is 12.6. The summed E-state index contributed by atoms with van der Waals surface area (Å²) >= 11 is 0. The van der Waals surface area contributed by atoms with E-state index in [1.165, 1.54) is 56.9 Å². The van der Waals surface area contributed by atoms with Crippen LogP contribution in [-0.2, 0) is 4.74 Å². The summed E-state index contributed by atoms with van der Waals surface area (Å²) in [7, 11) is 0. The molecule has 2 aliphatic carbocycles. The second-order valence-electron chi connectivity index (χ2n) is 5.74. The summed E-state index contributed by atoms with van der Waals surface area (Å²) in [6.45, 7) is 5.94. The number of hydrogen-bond donors (Lipinski definition) is 0. The van der Waals surface area contributed by atoms with E-state index in [0.717, 1.165) is 13.2 Å². The van der Waals surface area contributed by atoms with Crippen molar-refractivity contribution in [2.45, 2.75) is 65.2 Å². The maximum absolute atomic E-state index is 5.65. The molecule has 0 saturated heterocycles. The van der Waals surface area contributed by atoms with Crippen LogP contribution in [-0.4, -0.2) is 13.2 Å². The van der Waals surface area contributed by atoms with Crippen molar-refractivity contribution in [1.82, 2.24) is 0 Å². The fourth-order valence-corrected chi connectivity index (χ4v) is 3.21. The summed E-state index contributed by atoms with van der Waals surface area (Å²) in [4.78, 5) is 0. The van der Waals surface area contributed by atoms with E-state index in [1.807, 2.05) is 0 Å². The first-order chi connectivity index (χ1) is 9.33. The molecular formula is C18H28O. The average Bonchev–Trinajstić information content (AvgIpc) is 2.47. The van der Waals surface area contributed by atoms with E-state index in [-0.39, 0.29) is 0 Å². The van der Waals surface area contributed by atoms with Crippen molar-refractivity contribution in [2.24, 2.45) is 0 Å². The molecule has 0 saturated carbocycles. The summed E-state index contributed by atoms with van der Waals surface area (Å²) < 4.78 is 5.65. The second-order valence-corrected chi connectivity index (χ2v) is 5.74. The Balaban J connectivity index is 2.26. The third kappa shape index (κ3) is 4.07. The standard InChI is InChI=1S/C18H28O/c1-3-19-14-15(2)18(16-10-6-4-7-11-16)17-12-8-5-9-13-17/h10,12H,3-9,11,13-14H2,1-2H3. The van der Waals surface area contributed by atoms with Gasteiger partial charge in [0.15, 0.2) is 0 Å². The van der Waals surface area contributed by atoms with Crippen LogP contribution in [0.5, 0.6) is 0 Å². The van der Waals surface area contributed by atoms with Gasteiger partial charge < -0.3 is 4.74 Å². The van der Waals surface area contributed by atoms with Crippen LogP contribution in [0.3, 0.4) is 0 Å². The van der Waals surface area contributed by atoms with Gasteiger partial charge in [0.05, 0.1) is 6.61 Å². The monoisotopic (exact) mass is 260 g/mol. The molecule has 0 aromatic rings. The zero-order valence-corrected chi connectivity index (χ0v) is 12.6. The summed E-state index contributed by atoms with van der Waals surface area (Å²) in [5, 5.41) is 0. The van der Waals surface area contributed by atoms with Crippen molar-refractivity contribution in [1.29, 1.82) is 0 Å². The first-order valence-corrected chi connectivity index (χ1v) is 7.99. The Labute approximate surface area is 118 Å². The molecule has 0 heterocycles. The predicted molar refractivity (Wildman–Crippen MR) is 82.3 cm³/mol. The predicted octanol–water partition coefficient (Wildman–Crippen LogP) is 5.34. The van der Waals surface area contributed by atoms with Gasteiger partial charge in [0.25, 0.3) is 0 Å². The van der Waals surface area contributed by atoms with Crippen molar-refractivity contribution in [3.63, 3.8) is 0 Å². The zero-order chi connectivity index (χ0) is 13.5. The molecule has 19 heavy (non-hydrogen) atoms. The molecule has 0 aromatic heterocycles. The van der Waals surface area contributed by atoms with E-state index in [0.29, 0.717) is 0 Å². The molecule has 0 fully saturated rings. The molecule has 1 heteroatoms. The Morgan fingerprint density at radius 1 is 1.00 bits per heavy atom. The second kappa shape index (κ2) is 7.69. The molecule has 0 amide bonds. The molecule has 2 aliphatic rings. The molecule has 0 radical (unpaired) electrons. The molecule has 0 atom stereocenters. The lowest BCUT2D eigenvalue weighted by molar-refractivity contribution is 0.170. The highest BCUT2D eigenvalue weighted by Crippen LogP contribution is 2.35. The summed E-state index contributed by atoms with van der Waals surface area (Å²) in [5.74, 6) is 0. The Kier molecular flexibility index (Phi) is 5.91. The number of rotatable bonds is 5. The highest BCUT2D eigenvalue weighted by Gasteiger charge is 2.17. The first-order valence-electron chi connectivity index (χ1n) is 7.99. The fourth-order valence-electron chi connectivity index (χ4n) is 3.21. The van der Waals surface area contributed by atoms with Gasteiger partial charge in [-0.25, -0.2) is 0 Å². The topological polar surface area (TPSA) is 9.23 Å². The fraction of sp³-hybridized carbons (Fsp3) is 0.667. The lowest BCUT2D eigenvalue weighted by Gasteiger charge is -2.24. The van der Waals surface area contributed by atoms with Gasteiger partial charge in [0.2, 0.25) is 0 Å². The number of allylic oxidation sites excluding steroid dienone is 5. The largest absolute Gasteiger partial charge is 0.377 e. The van der Waals surface area contributed by atoms with Crippen LogP contribution in [0.25, 0.3) is 0 Å². The highest BCUT2D eigenvalue weighted by atomic mass is 16.5. The van der Waals surface area contributed by atoms with Crippen LogP contribution < -0.4 is 0 Å². The molecule has 0 N–H and O–H groups in total. The minimum Gasteiger partial charge on any atom is -0.377 e. The quantitative estimate of drug-likeness (QED) is 0.648. The maximum Gasteiger partial charge on any atom is 0.0682 e. The van der Waals surface area contributed by atoms with Crippen LogP contribution in [0, 0.1) is 0 Å². The molecular weight excluding hydrogens is 232 g/mol. The molecule has 0 unspecified atom stereocenters. The smallest absolute Gasteiger partial charge is 0.0682 e. The van der Waals surface area contributed by atoms with E-state index < -0.39 is 0 Å². The van der Waals surface area contributed by atoms with Gasteiger partial charge in [-0.15, -0.1) is 0 Å². The van der Waals surface area contributed by atoms with E-state index in [2.05, 4.69) is 26.0 Å². The molecule has 106 valence electrons. The van der Waals surface area contributed by atoms with E-state index >= 15 is 0 Å². The highest BCUT2D eigenvalue weighted by molar-refractivity contribution is 5.50. The lowest BCUT2D eigenvalue weighted by Crippen LogP contribution is -2.07. The Morgan fingerprint density at radius 3 is 2.00 bits per heavy atom. The molecule has 0 aromatic carbocycles. The SMILES string of the molecule is CCOCC(C)=C(C1=CCCCC1)C1=CCCCC1. The molecule has 0 bridgehead atoms. The van der Waals surface area contributed by atoms with E-state index in [4.69, 9.17) is 4.74 Å². The van der Waals surface area contributed by atoms with Gasteiger partial charge in [0, 0.05) is 6.61 Å². The van der Waals surface area contributed by atoms with Gasteiger partial charge in [-0.05, 0) is 87.5 Å². The van der Waals surface area contributed by atoms with Crippen LogP contribution in [0.15, 0.2) is 34.4 Å². The molecule has 0 spiro atoms. The Bertz CT molecular complexity index is 356. The Morgan fingerprint density at radius 2 is 1.58 bits per heavy atom. The van der Waals surface area contributed by atoms with Gasteiger partial charge in [0.1, 0.15) is 0 Å². The van der Waals surface area contributed by atoms with Crippen molar-refractivity contribution < 1.29 is 4.74 Å². The summed E-state index contributed by atoms with van der Waals surface area (Å²) in [6, 6.07) is 0. The normalized spacial score (nSPS) is 19.7. The van der Waals surface area contributed by atoms with Gasteiger partial charge >= 0.3 is 0 Å². The maximum atomic E-state index is 5.65. The molecule has 2 rings (SSSR count). The van der Waals surface area contributed by atoms with Crippen molar-refractivity contribution in [2.75, 3.05) is 13.2 Å². The van der Waals surface area contributed by atoms with Crippen LogP contribution >= 0.6 is 0 Å². The number of hydrogen-bond acceptors (Lipinski definition) is 1. The molecule has 1 nitrogen and oxygen atoms in total. The molecule has 0 aliphatic heterocycles. The minimum absolute atomic E-state index is 0.792. The first kappa shape index (κ1) is 14.6. The average molecular weight is 260 g/mol. The summed E-state index contributed by atoms with van der Waals surface area (Å²) in [6.07, 6.45) is 15.4. The van der Waals surface area contributed by atoms with Gasteiger partial charge in [-0.2, -0.15) is 0 Å². The van der Waals surface area contributed by atoms with Crippen LogP contribution in [0.4, 0.5) is 0 Å². The minimum atomic E-state index is 0.792. The third-order valence-corrected chi connectivity index (χ3v) is 4.17. The number of ether oxygens (including phenoxy) is 1. The van der Waals surface area contributed by atoms with Crippen LogP contribution in [0.2, 0.25) is 0 Å². The lowest BCUT2D eigenvalue weighted by atomic mass is 9.83. The van der Waals surface area contributed by atoms with E-state index in [9.17, 15) is 0 Å². The third-order valence-electron chi connectivity index (χ3n) is 4.17.